The van der Waals surface area contributed by atoms with E-state index in [-0.39, 0.29) is 0 Å². The number of rotatable bonds is 4. The Morgan fingerprint density at radius 1 is 1.05 bits per heavy atom. The second-order valence-electron chi connectivity index (χ2n) is 4.42. The van der Waals surface area contributed by atoms with Crippen LogP contribution in [0, 0.1) is 13.8 Å². The van der Waals surface area contributed by atoms with E-state index in [1.165, 1.54) is 22.9 Å². The van der Waals surface area contributed by atoms with Crippen LogP contribution in [0.4, 0.5) is 17.3 Å². The Morgan fingerprint density at radius 3 is 2.20 bits per heavy atom. The van der Waals surface area contributed by atoms with Crippen molar-refractivity contribution >= 4 is 45.0 Å². The molecule has 0 aliphatic heterocycles. The number of anilines is 3. The first-order chi connectivity index (χ1) is 9.53. The zero-order chi connectivity index (χ0) is 14.7. The zero-order valence-electron chi connectivity index (χ0n) is 11.9. The number of nitrogens with one attached hydrogen (secondary N) is 2. The maximum atomic E-state index is 4.47. The van der Waals surface area contributed by atoms with Crippen molar-refractivity contribution in [3.8, 4) is 0 Å². The van der Waals surface area contributed by atoms with Gasteiger partial charge >= 0.3 is 0 Å². The molecule has 2 aromatic rings. The lowest BCUT2D eigenvalue weighted by atomic mass is 10.1. The highest BCUT2D eigenvalue weighted by molar-refractivity contribution is 9.10. The standard InChI is InChI=1S/C14H17BrN4S/c1-8-5-10(6-9(2)13(8)15)17-12-7-11(16-3)18-14(19-12)20-4/h5-7H,1-4H3,(H2,16,17,18,19). The maximum Gasteiger partial charge on any atom is 0.191 e. The van der Waals surface area contributed by atoms with Gasteiger partial charge < -0.3 is 10.6 Å². The number of hydrogen-bond acceptors (Lipinski definition) is 5. The van der Waals surface area contributed by atoms with Gasteiger partial charge in [-0.1, -0.05) is 27.7 Å². The Labute approximate surface area is 131 Å². The van der Waals surface area contributed by atoms with E-state index in [0.717, 1.165) is 27.0 Å². The number of aryl methyl sites for hydroxylation is 2. The molecular weight excluding hydrogens is 336 g/mol. The smallest absolute Gasteiger partial charge is 0.191 e. The highest BCUT2D eigenvalue weighted by Crippen LogP contribution is 2.27. The van der Waals surface area contributed by atoms with Gasteiger partial charge in [0.15, 0.2) is 5.16 Å². The highest BCUT2D eigenvalue weighted by Gasteiger charge is 2.06. The fraction of sp³-hybridized carbons (Fsp3) is 0.286. The Hall–Kier alpha value is -1.27. The van der Waals surface area contributed by atoms with E-state index >= 15 is 0 Å². The maximum absolute atomic E-state index is 4.47. The van der Waals surface area contributed by atoms with Crippen molar-refractivity contribution in [2.75, 3.05) is 23.9 Å². The molecule has 2 N–H and O–H groups in total. The van der Waals surface area contributed by atoms with E-state index in [4.69, 9.17) is 0 Å². The molecule has 1 aromatic heterocycles. The molecule has 106 valence electrons. The molecule has 0 bridgehead atoms. The van der Waals surface area contributed by atoms with Crippen molar-refractivity contribution in [2.24, 2.45) is 0 Å². The summed E-state index contributed by atoms with van der Waals surface area (Å²) in [5, 5.41) is 7.13. The predicted octanol–water partition coefficient (Wildman–Crippen LogP) is 4.36. The molecule has 0 radical (unpaired) electrons. The van der Waals surface area contributed by atoms with Crippen LogP contribution in [-0.4, -0.2) is 23.3 Å². The van der Waals surface area contributed by atoms with Crippen LogP contribution in [-0.2, 0) is 0 Å². The number of hydrogen-bond donors (Lipinski definition) is 2. The quantitative estimate of drug-likeness (QED) is 0.632. The van der Waals surface area contributed by atoms with Gasteiger partial charge in [-0.15, -0.1) is 0 Å². The second-order valence-corrected chi connectivity index (χ2v) is 5.99. The summed E-state index contributed by atoms with van der Waals surface area (Å²) in [4.78, 5) is 8.82. The summed E-state index contributed by atoms with van der Waals surface area (Å²) in [6.07, 6.45) is 1.96. The van der Waals surface area contributed by atoms with Gasteiger partial charge in [-0.2, -0.15) is 0 Å². The van der Waals surface area contributed by atoms with Crippen molar-refractivity contribution in [2.45, 2.75) is 19.0 Å². The third-order valence-corrected chi connectivity index (χ3v) is 4.65. The molecule has 0 aliphatic carbocycles. The van der Waals surface area contributed by atoms with Crippen LogP contribution in [0.1, 0.15) is 11.1 Å². The van der Waals surface area contributed by atoms with Crippen molar-refractivity contribution in [1.29, 1.82) is 0 Å². The van der Waals surface area contributed by atoms with Crippen molar-refractivity contribution < 1.29 is 0 Å². The molecule has 0 aliphatic rings. The molecule has 6 heteroatoms. The lowest BCUT2D eigenvalue weighted by Gasteiger charge is -2.11. The Bertz CT molecular complexity index is 585. The predicted molar refractivity (Wildman–Crippen MR) is 90.3 cm³/mol. The molecule has 1 heterocycles. The zero-order valence-corrected chi connectivity index (χ0v) is 14.3. The van der Waals surface area contributed by atoms with Crippen molar-refractivity contribution in [1.82, 2.24) is 9.97 Å². The molecule has 0 atom stereocenters. The van der Waals surface area contributed by atoms with Gasteiger partial charge in [-0.05, 0) is 43.4 Å². The van der Waals surface area contributed by atoms with Crippen LogP contribution >= 0.6 is 27.7 Å². The van der Waals surface area contributed by atoms with Gasteiger partial charge in [-0.25, -0.2) is 9.97 Å². The number of benzene rings is 1. The van der Waals surface area contributed by atoms with Crippen LogP contribution in [0.25, 0.3) is 0 Å². The third-order valence-electron chi connectivity index (χ3n) is 2.85. The minimum absolute atomic E-state index is 0.741. The van der Waals surface area contributed by atoms with Crippen molar-refractivity contribution in [3.05, 3.63) is 33.8 Å². The van der Waals surface area contributed by atoms with E-state index in [1.807, 2.05) is 19.4 Å². The first kappa shape index (κ1) is 15.1. The van der Waals surface area contributed by atoms with E-state index < -0.39 is 0 Å². The van der Waals surface area contributed by atoms with E-state index in [1.54, 1.807) is 0 Å². The van der Waals surface area contributed by atoms with Crippen LogP contribution in [0.3, 0.4) is 0 Å². The molecule has 20 heavy (non-hydrogen) atoms. The lowest BCUT2D eigenvalue weighted by Crippen LogP contribution is -2.01. The van der Waals surface area contributed by atoms with E-state index in [9.17, 15) is 0 Å². The topological polar surface area (TPSA) is 49.8 Å². The van der Waals surface area contributed by atoms with Gasteiger partial charge in [0, 0.05) is 23.3 Å². The summed E-state index contributed by atoms with van der Waals surface area (Å²) < 4.78 is 1.14. The van der Waals surface area contributed by atoms with Gasteiger partial charge in [-0.3, -0.25) is 0 Å². The molecule has 2 rings (SSSR count). The summed E-state index contributed by atoms with van der Waals surface area (Å²) in [7, 11) is 1.85. The Morgan fingerprint density at radius 2 is 1.65 bits per heavy atom. The van der Waals surface area contributed by atoms with Crippen LogP contribution in [0.5, 0.6) is 0 Å². The Kier molecular flexibility index (Phi) is 4.88. The summed E-state index contributed by atoms with van der Waals surface area (Å²) >= 11 is 5.10. The van der Waals surface area contributed by atoms with Crippen molar-refractivity contribution in [3.63, 3.8) is 0 Å². The molecule has 1 aromatic carbocycles. The average Bonchev–Trinajstić information content (AvgIpc) is 2.44. The van der Waals surface area contributed by atoms with Gasteiger partial charge in [0.25, 0.3) is 0 Å². The highest BCUT2D eigenvalue weighted by atomic mass is 79.9. The summed E-state index contributed by atoms with van der Waals surface area (Å²) in [5.41, 5.74) is 3.41. The normalized spacial score (nSPS) is 10.4. The third kappa shape index (κ3) is 3.43. The number of aromatic nitrogens is 2. The summed E-state index contributed by atoms with van der Waals surface area (Å²) in [6.45, 7) is 4.16. The Balaban J connectivity index is 2.34. The number of thioether (sulfide) groups is 1. The molecule has 4 nitrogen and oxygen atoms in total. The fourth-order valence-corrected chi connectivity index (χ4v) is 2.48. The SMILES string of the molecule is CNc1cc(Nc2cc(C)c(Br)c(C)c2)nc(SC)n1. The van der Waals surface area contributed by atoms with Crippen LogP contribution in [0.15, 0.2) is 27.8 Å². The fourth-order valence-electron chi connectivity index (χ4n) is 1.87. The first-order valence-electron chi connectivity index (χ1n) is 6.18. The monoisotopic (exact) mass is 352 g/mol. The summed E-state index contributed by atoms with van der Waals surface area (Å²) in [6, 6.07) is 6.08. The molecule has 0 saturated heterocycles. The molecular formula is C14H17BrN4S. The van der Waals surface area contributed by atoms with E-state index in [0.29, 0.717) is 0 Å². The second kappa shape index (κ2) is 6.45. The number of halogens is 1. The molecule has 0 unspecified atom stereocenters. The van der Waals surface area contributed by atoms with Gasteiger partial charge in [0.2, 0.25) is 0 Å². The largest absolute Gasteiger partial charge is 0.373 e. The first-order valence-corrected chi connectivity index (χ1v) is 8.20. The number of nitrogens with zero attached hydrogens (tertiary/aromatic N) is 2. The van der Waals surface area contributed by atoms with Crippen LogP contribution < -0.4 is 10.6 Å². The van der Waals surface area contributed by atoms with Crippen LogP contribution in [0.2, 0.25) is 0 Å². The average molecular weight is 353 g/mol. The minimum Gasteiger partial charge on any atom is -0.373 e. The minimum atomic E-state index is 0.741. The van der Waals surface area contributed by atoms with Gasteiger partial charge in [0.1, 0.15) is 11.6 Å². The molecule has 0 saturated carbocycles. The van der Waals surface area contributed by atoms with E-state index in [2.05, 4.69) is 62.5 Å². The lowest BCUT2D eigenvalue weighted by molar-refractivity contribution is 0.977. The molecule has 0 amide bonds. The molecule has 0 fully saturated rings. The molecule has 0 spiro atoms. The van der Waals surface area contributed by atoms with Gasteiger partial charge in [0.05, 0.1) is 0 Å². The summed E-state index contributed by atoms with van der Waals surface area (Å²) in [5.74, 6) is 1.59.